The molecule has 0 amide bonds. The zero-order valence-electron chi connectivity index (χ0n) is 14.5. The van der Waals surface area contributed by atoms with Crippen LogP contribution in [0.25, 0.3) is 0 Å². The van der Waals surface area contributed by atoms with E-state index in [1.165, 1.54) is 0 Å². The molecule has 0 fully saturated rings. The summed E-state index contributed by atoms with van der Waals surface area (Å²) >= 11 is 0. The van der Waals surface area contributed by atoms with Crippen LogP contribution < -0.4 is 0 Å². The van der Waals surface area contributed by atoms with E-state index in [2.05, 4.69) is 0 Å². The van der Waals surface area contributed by atoms with E-state index in [1.807, 2.05) is 72.8 Å². The first-order valence-corrected chi connectivity index (χ1v) is 8.82. The third-order valence-electron chi connectivity index (χ3n) is 4.43. The van der Waals surface area contributed by atoms with Crippen molar-refractivity contribution in [2.75, 3.05) is 0 Å². The van der Waals surface area contributed by atoms with Crippen molar-refractivity contribution in [1.82, 2.24) is 0 Å². The van der Waals surface area contributed by atoms with Gasteiger partial charge in [0.05, 0.1) is 0 Å². The van der Waals surface area contributed by atoms with Gasteiger partial charge in [0.2, 0.25) is 0 Å². The van der Waals surface area contributed by atoms with Crippen LogP contribution in [0.1, 0.15) is 24.0 Å². The first-order valence-electron chi connectivity index (χ1n) is 8.82. The summed E-state index contributed by atoms with van der Waals surface area (Å²) in [5.41, 5.74) is 1.78. The minimum atomic E-state index is -0.916. The van der Waals surface area contributed by atoms with Crippen LogP contribution in [0, 0.1) is 11.8 Å². The van der Waals surface area contributed by atoms with Crippen molar-refractivity contribution < 1.29 is 19.1 Å². The topological polar surface area (TPSA) is 52.6 Å². The second kappa shape index (κ2) is 8.99. The smallest absolute Gasteiger partial charge is 0.321 e. The molecule has 0 heterocycles. The van der Waals surface area contributed by atoms with E-state index in [0.717, 1.165) is 24.0 Å². The summed E-state index contributed by atoms with van der Waals surface area (Å²) in [5, 5.41) is 0. The van der Waals surface area contributed by atoms with Crippen molar-refractivity contribution in [2.24, 2.45) is 11.8 Å². The number of benzene rings is 2. The molecule has 1 aliphatic carbocycles. The highest BCUT2D eigenvalue weighted by Gasteiger charge is 2.37. The highest BCUT2D eigenvalue weighted by molar-refractivity contribution is 5.95. The van der Waals surface area contributed by atoms with Gasteiger partial charge in [0.1, 0.15) is 13.2 Å². The summed E-state index contributed by atoms with van der Waals surface area (Å²) in [6, 6.07) is 18.9. The lowest BCUT2D eigenvalue weighted by molar-refractivity contribution is -0.165. The molecule has 26 heavy (non-hydrogen) atoms. The summed E-state index contributed by atoms with van der Waals surface area (Å²) in [5.74, 6) is -2.13. The summed E-state index contributed by atoms with van der Waals surface area (Å²) in [6.07, 6.45) is 5.52. The Bertz CT molecular complexity index is 697. The Kier molecular flexibility index (Phi) is 6.20. The maximum atomic E-state index is 12.6. The van der Waals surface area contributed by atoms with Crippen molar-refractivity contribution >= 4 is 11.9 Å². The minimum absolute atomic E-state index is 0.151. The molecule has 0 N–H and O–H groups in total. The number of rotatable bonds is 7. The zero-order chi connectivity index (χ0) is 18.2. The van der Waals surface area contributed by atoms with Crippen LogP contribution in [0.15, 0.2) is 72.8 Å². The number of hydrogen-bond acceptors (Lipinski definition) is 4. The van der Waals surface area contributed by atoms with Gasteiger partial charge in [-0.2, -0.15) is 0 Å². The van der Waals surface area contributed by atoms with E-state index in [1.54, 1.807) is 0 Å². The molecule has 2 aromatic rings. The van der Waals surface area contributed by atoms with Crippen LogP contribution in [0.2, 0.25) is 0 Å². The van der Waals surface area contributed by atoms with Gasteiger partial charge >= 0.3 is 11.9 Å². The first kappa shape index (κ1) is 17.9. The van der Waals surface area contributed by atoms with E-state index in [9.17, 15) is 9.59 Å². The van der Waals surface area contributed by atoms with Crippen LogP contribution in [-0.4, -0.2) is 11.9 Å². The maximum absolute atomic E-state index is 12.6. The second-order valence-corrected chi connectivity index (χ2v) is 6.33. The summed E-state index contributed by atoms with van der Waals surface area (Å²) in [6.45, 7) is 0.303. The molecule has 0 saturated carbocycles. The van der Waals surface area contributed by atoms with Crippen LogP contribution in [-0.2, 0) is 32.3 Å². The Labute approximate surface area is 153 Å². The summed E-state index contributed by atoms with van der Waals surface area (Å²) in [7, 11) is 0. The lowest BCUT2D eigenvalue weighted by Gasteiger charge is -2.19. The molecule has 1 unspecified atom stereocenters. The second-order valence-electron chi connectivity index (χ2n) is 6.33. The molecule has 0 radical (unpaired) electrons. The van der Waals surface area contributed by atoms with Gasteiger partial charge < -0.3 is 9.47 Å². The average Bonchev–Trinajstić information content (AvgIpc) is 3.21. The molecule has 0 aromatic heterocycles. The minimum Gasteiger partial charge on any atom is -0.460 e. The van der Waals surface area contributed by atoms with E-state index >= 15 is 0 Å². The molecule has 0 saturated heterocycles. The van der Waals surface area contributed by atoms with Gasteiger partial charge in [-0.15, -0.1) is 0 Å². The number of ether oxygens (including phenoxy) is 2. The largest absolute Gasteiger partial charge is 0.460 e. The Hall–Kier alpha value is -2.88. The standard InChI is InChI=1S/C22H22O4/c23-21(25-15-17-9-3-1-4-10-17)20(19-13-7-8-14-19)22(24)26-16-18-11-5-2-6-12-18/h1-7,9-13,19-20H,8,14-16H2. The van der Waals surface area contributed by atoms with E-state index < -0.39 is 17.9 Å². The lowest BCUT2D eigenvalue weighted by Crippen LogP contribution is -2.33. The monoisotopic (exact) mass is 350 g/mol. The molecule has 4 nitrogen and oxygen atoms in total. The van der Waals surface area contributed by atoms with E-state index in [-0.39, 0.29) is 19.1 Å². The molecule has 2 aromatic carbocycles. The van der Waals surface area contributed by atoms with Crippen LogP contribution in [0.4, 0.5) is 0 Å². The van der Waals surface area contributed by atoms with E-state index in [4.69, 9.17) is 9.47 Å². The third-order valence-corrected chi connectivity index (χ3v) is 4.43. The predicted octanol–water partition coefficient (Wildman–Crippen LogP) is 4.06. The highest BCUT2D eigenvalue weighted by atomic mass is 16.6. The molecule has 1 aliphatic rings. The van der Waals surface area contributed by atoms with Gasteiger partial charge in [-0.1, -0.05) is 72.8 Å². The van der Waals surface area contributed by atoms with Gasteiger partial charge in [-0.3, -0.25) is 9.59 Å². The Morgan fingerprint density at radius 1 is 0.846 bits per heavy atom. The SMILES string of the molecule is O=C(OCc1ccccc1)C(C(=O)OCc1ccccc1)C1C=CCC1. The predicted molar refractivity (Wildman–Crippen MR) is 97.8 cm³/mol. The van der Waals surface area contributed by atoms with Gasteiger partial charge in [0.25, 0.3) is 0 Å². The number of carbonyl (C=O) groups is 2. The molecule has 1 atom stereocenters. The molecule has 3 rings (SSSR count). The van der Waals surface area contributed by atoms with Crippen molar-refractivity contribution in [3.8, 4) is 0 Å². The van der Waals surface area contributed by atoms with Gasteiger partial charge in [0.15, 0.2) is 5.92 Å². The summed E-state index contributed by atoms with van der Waals surface area (Å²) < 4.78 is 10.8. The molecule has 0 bridgehead atoms. The zero-order valence-corrected chi connectivity index (χ0v) is 14.5. The molecule has 134 valence electrons. The Balaban J connectivity index is 1.63. The lowest BCUT2D eigenvalue weighted by atomic mass is 9.92. The maximum Gasteiger partial charge on any atom is 0.321 e. The normalized spacial score (nSPS) is 15.8. The molecule has 0 aliphatic heterocycles. The van der Waals surface area contributed by atoms with Crippen molar-refractivity contribution in [1.29, 1.82) is 0 Å². The fourth-order valence-electron chi connectivity index (χ4n) is 3.02. The van der Waals surface area contributed by atoms with Gasteiger partial charge in [-0.05, 0) is 24.0 Å². The van der Waals surface area contributed by atoms with Crippen LogP contribution in [0.5, 0.6) is 0 Å². The summed E-state index contributed by atoms with van der Waals surface area (Å²) in [4.78, 5) is 25.2. The number of hydrogen-bond donors (Lipinski definition) is 0. The molecule has 4 heteroatoms. The van der Waals surface area contributed by atoms with E-state index in [0.29, 0.717) is 0 Å². The number of carbonyl (C=O) groups excluding carboxylic acids is 2. The molecular formula is C22H22O4. The van der Waals surface area contributed by atoms with Gasteiger partial charge in [-0.25, -0.2) is 0 Å². The number of esters is 2. The molecular weight excluding hydrogens is 328 g/mol. The quantitative estimate of drug-likeness (QED) is 0.429. The Morgan fingerprint density at radius 3 is 1.77 bits per heavy atom. The van der Waals surface area contributed by atoms with Crippen LogP contribution >= 0.6 is 0 Å². The highest BCUT2D eigenvalue weighted by Crippen LogP contribution is 2.28. The average molecular weight is 350 g/mol. The van der Waals surface area contributed by atoms with Crippen molar-refractivity contribution in [3.05, 3.63) is 83.9 Å². The number of allylic oxidation sites excluding steroid dienone is 2. The Morgan fingerprint density at radius 2 is 1.35 bits per heavy atom. The third kappa shape index (κ3) is 4.82. The first-order chi connectivity index (χ1) is 12.7. The fraction of sp³-hybridized carbons (Fsp3) is 0.273. The fourth-order valence-corrected chi connectivity index (χ4v) is 3.02. The molecule has 0 spiro atoms. The van der Waals surface area contributed by atoms with Crippen LogP contribution in [0.3, 0.4) is 0 Å². The van der Waals surface area contributed by atoms with Gasteiger partial charge in [0, 0.05) is 5.92 Å². The van der Waals surface area contributed by atoms with Crippen molar-refractivity contribution in [3.63, 3.8) is 0 Å². The van der Waals surface area contributed by atoms with Crippen molar-refractivity contribution in [2.45, 2.75) is 26.1 Å².